The molecule has 1 amide bonds. The van der Waals surface area contributed by atoms with Crippen LogP contribution in [0.3, 0.4) is 0 Å². The first-order valence-corrected chi connectivity index (χ1v) is 5.97. The van der Waals surface area contributed by atoms with E-state index in [1.807, 2.05) is 0 Å². The Kier molecular flexibility index (Phi) is 4.24. The predicted octanol–water partition coefficient (Wildman–Crippen LogP) is 2.06. The SMILES string of the molecule is Cc1c(C(=O)O)cc(CNC(=O)OC(C)(C)C)n1C. The normalized spacial score (nSPS) is 11.2. The van der Waals surface area contributed by atoms with Crippen molar-refractivity contribution in [2.45, 2.75) is 39.8 Å². The van der Waals surface area contributed by atoms with Crippen molar-refractivity contribution < 1.29 is 19.4 Å². The fraction of sp³-hybridized carbons (Fsp3) is 0.538. The highest BCUT2D eigenvalue weighted by atomic mass is 16.6. The van der Waals surface area contributed by atoms with Crippen molar-refractivity contribution in [3.8, 4) is 0 Å². The highest BCUT2D eigenvalue weighted by Gasteiger charge is 2.18. The van der Waals surface area contributed by atoms with Crippen molar-refractivity contribution in [1.29, 1.82) is 0 Å². The molecule has 0 radical (unpaired) electrons. The molecule has 0 aliphatic heterocycles. The summed E-state index contributed by atoms with van der Waals surface area (Å²) in [6, 6.07) is 1.55. The van der Waals surface area contributed by atoms with Crippen LogP contribution < -0.4 is 5.32 Å². The number of nitrogens with one attached hydrogen (secondary N) is 1. The van der Waals surface area contributed by atoms with Crippen molar-refractivity contribution in [2.75, 3.05) is 0 Å². The summed E-state index contributed by atoms with van der Waals surface area (Å²) >= 11 is 0. The van der Waals surface area contributed by atoms with Crippen molar-refractivity contribution >= 4 is 12.1 Å². The molecule has 0 unspecified atom stereocenters. The molecule has 1 heterocycles. The smallest absolute Gasteiger partial charge is 0.407 e. The van der Waals surface area contributed by atoms with E-state index in [4.69, 9.17) is 9.84 Å². The van der Waals surface area contributed by atoms with Gasteiger partial charge in [-0.2, -0.15) is 0 Å². The van der Waals surface area contributed by atoms with Gasteiger partial charge in [0.05, 0.1) is 12.1 Å². The largest absolute Gasteiger partial charge is 0.478 e. The molecular weight excluding hydrogens is 248 g/mol. The molecule has 1 aromatic rings. The predicted molar refractivity (Wildman–Crippen MR) is 70.2 cm³/mol. The van der Waals surface area contributed by atoms with Crippen LogP contribution in [0.1, 0.15) is 42.5 Å². The molecule has 106 valence electrons. The molecule has 1 rings (SSSR count). The van der Waals surface area contributed by atoms with Gasteiger partial charge in [0.25, 0.3) is 0 Å². The quantitative estimate of drug-likeness (QED) is 0.879. The fourth-order valence-electron chi connectivity index (χ4n) is 1.63. The first-order valence-electron chi connectivity index (χ1n) is 5.97. The topological polar surface area (TPSA) is 80.6 Å². The number of aromatic nitrogens is 1. The van der Waals surface area contributed by atoms with E-state index >= 15 is 0 Å². The van der Waals surface area contributed by atoms with Crippen molar-refractivity contribution in [3.63, 3.8) is 0 Å². The van der Waals surface area contributed by atoms with Crippen molar-refractivity contribution in [1.82, 2.24) is 9.88 Å². The summed E-state index contributed by atoms with van der Waals surface area (Å²) in [6.45, 7) is 7.28. The molecule has 0 atom stereocenters. The molecule has 0 bridgehead atoms. The van der Waals surface area contributed by atoms with Crippen molar-refractivity contribution in [2.24, 2.45) is 7.05 Å². The number of carbonyl (C=O) groups is 2. The second kappa shape index (κ2) is 5.34. The highest BCUT2D eigenvalue weighted by molar-refractivity contribution is 5.89. The van der Waals surface area contributed by atoms with Gasteiger partial charge < -0.3 is 19.7 Å². The van der Waals surface area contributed by atoms with E-state index in [9.17, 15) is 9.59 Å². The van der Waals surface area contributed by atoms with Crippen LogP contribution in [-0.4, -0.2) is 27.3 Å². The number of carboxylic acid groups (broad SMARTS) is 1. The summed E-state index contributed by atoms with van der Waals surface area (Å²) in [4.78, 5) is 22.5. The Morgan fingerprint density at radius 2 is 2.00 bits per heavy atom. The van der Waals surface area contributed by atoms with Crippen LogP contribution in [0, 0.1) is 6.92 Å². The molecule has 6 nitrogen and oxygen atoms in total. The van der Waals surface area contributed by atoms with Crippen LogP contribution in [0.5, 0.6) is 0 Å². The van der Waals surface area contributed by atoms with E-state index in [-0.39, 0.29) is 12.1 Å². The first kappa shape index (κ1) is 15.1. The maximum absolute atomic E-state index is 11.5. The summed E-state index contributed by atoms with van der Waals surface area (Å²) in [7, 11) is 1.76. The first-order chi connectivity index (χ1) is 8.61. The number of carbonyl (C=O) groups excluding carboxylic acids is 1. The van der Waals surface area contributed by atoms with Crippen LogP contribution in [0.2, 0.25) is 0 Å². The van der Waals surface area contributed by atoms with Crippen LogP contribution in [0.4, 0.5) is 4.79 Å². The molecule has 2 N–H and O–H groups in total. The van der Waals surface area contributed by atoms with E-state index in [1.165, 1.54) is 0 Å². The standard InChI is InChI=1S/C13H20N2O4/c1-8-10(11(16)17)6-9(15(8)5)7-14-12(18)19-13(2,3)4/h6H,7H2,1-5H3,(H,14,18)(H,16,17). The van der Waals surface area contributed by atoms with Gasteiger partial charge in [-0.25, -0.2) is 9.59 Å². The molecular formula is C13H20N2O4. The molecule has 0 saturated carbocycles. The Morgan fingerprint density at radius 1 is 1.42 bits per heavy atom. The molecule has 6 heteroatoms. The summed E-state index contributed by atoms with van der Waals surface area (Å²) in [5, 5.41) is 11.6. The average Bonchev–Trinajstić information content (AvgIpc) is 2.51. The Hall–Kier alpha value is -1.98. The Bertz CT molecular complexity index is 497. The molecule has 0 aliphatic rings. The van der Waals surface area contributed by atoms with Gasteiger partial charge in [0.15, 0.2) is 0 Å². The van der Waals surface area contributed by atoms with Gasteiger partial charge >= 0.3 is 12.1 Å². The Balaban J connectivity index is 2.71. The number of carboxylic acids is 1. The number of alkyl carbamates (subject to hydrolysis) is 1. The van der Waals surface area contributed by atoms with Gasteiger partial charge in [-0.3, -0.25) is 0 Å². The summed E-state index contributed by atoms with van der Waals surface area (Å²) in [6.07, 6.45) is -0.525. The van der Waals surface area contributed by atoms with Crippen LogP contribution in [-0.2, 0) is 18.3 Å². The minimum Gasteiger partial charge on any atom is -0.478 e. The lowest BCUT2D eigenvalue weighted by Crippen LogP contribution is -2.32. The summed E-state index contributed by atoms with van der Waals surface area (Å²) in [5.41, 5.74) is 1.04. The summed E-state index contributed by atoms with van der Waals surface area (Å²) in [5.74, 6) is -0.975. The third-order valence-electron chi connectivity index (χ3n) is 2.68. The lowest BCUT2D eigenvalue weighted by molar-refractivity contribution is 0.0522. The third kappa shape index (κ3) is 4.01. The molecule has 19 heavy (non-hydrogen) atoms. The lowest BCUT2D eigenvalue weighted by Gasteiger charge is -2.19. The molecule has 0 aliphatic carbocycles. The van der Waals surface area contributed by atoms with Gasteiger partial charge in [-0.05, 0) is 33.8 Å². The van der Waals surface area contributed by atoms with Crippen LogP contribution in [0.25, 0.3) is 0 Å². The number of nitrogens with zero attached hydrogens (tertiary/aromatic N) is 1. The number of amides is 1. The maximum atomic E-state index is 11.5. The van der Waals surface area contributed by atoms with E-state index in [0.29, 0.717) is 11.4 Å². The van der Waals surface area contributed by atoms with E-state index < -0.39 is 17.7 Å². The van der Waals surface area contributed by atoms with Gasteiger partial charge in [0.1, 0.15) is 5.60 Å². The Labute approximate surface area is 112 Å². The summed E-state index contributed by atoms with van der Waals surface area (Å²) < 4.78 is 6.85. The van der Waals surface area contributed by atoms with Gasteiger partial charge in [-0.1, -0.05) is 0 Å². The number of rotatable bonds is 3. The minimum atomic E-state index is -0.975. The third-order valence-corrected chi connectivity index (χ3v) is 2.68. The molecule has 0 aromatic carbocycles. The number of hydrogen-bond donors (Lipinski definition) is 2. The van der Waals surface area contributed by atoms with Crippen molar-refractivity contribution in [3.05, 3.63) is 23.0 Å². The minimum absolute atomic E-state index is 0.222. The van der Waals surface area contributed by atoms with Gasteiger partial charge in [-0.15, -0.1) is 0 Å². The van der Waals surface area contributed by atoms with E-state index in [1.54, 1.807) is 45.4 Å². The monoisotopic (exact) mass is 268 g/mol. The lowest BCUT2D eigenvalue weighted by atomic mass is 10.2. The van der Waals surface area contributed by atoms with Gasteiger partial charge in [0, 0.05) is 18.4 Å². The Morgan fingerprint density at radius 3 is 2.42 bits per heavy atom. The second-order valence-electron chi connectivity index (χ2n) is 5.35. The number of aromatic carboxylic acids is 1. The van der Waals surface area contributed by atoms with E-state index in [0.717, 1.165) is 0 Å². The maximum Gasteiger partial charge on any atom is 0.407 e. The van der Waals surface area contributed by atoms with E-state index in [2.05, 4.69) is 5.32 Å². The zero-order valence-electron chi connectivity index (χ0n) is 11.9. The highest BCUT2D eigenvalue weighted by Crippen LogP contribution is 2.14. The van der Waals surface area contributed by atoms with Crippen LogP contribution in [0.15, 0.2) is 6.07 Å². The average molecular weight is 268 g/mol. The fourth-order valence-corrected chi connectivity index (χ4v) is 1.63. The van der Waals surface area contributed by atoms with Gasteiger partial charge in [0.2, 0.25) is 0 Å². The number of hydrogen-bond acceptors (Lipinski definition) is 3. The van der Waals surface area contributed by atoms with Crippen LogP contribution >= 0.6 is 0 Å². The zero-order chi connectivity index (χ0) is 14.8. The molecule has 0 saturated heterocycles. The second-order valence-corrected chi connectivity index (χ2v) is 5.35. The number of ether oxygens (including phenoxy) is 1. The zero-order valence-corrected chi connectivity index (χ0v) is 11.9. The molecule has 0 fully saturated rings. The molecule has 0 spiro atoms. The molecule has 1 aromatic heterocycles.